The molecule has 1 atom stereocenters. The molecule has 0 radical (unpaired) electrons. The van der Waals surface area contributed by atoms with E-state index in [0.29, 0.717) is 6.04 Å². The van der Waals surface area contributed by atoms with Crippen molar-refractivity contribution in [1.29, 1.82) is 0 Å². The molecule has 1 N–H and O–H groups in total. The third kappa shape index (κ3) is 1.49. The highest BCUT2D eigenvalue weighted by Crippen LogP contribution is 2.30. The van der Waals surface area contributed by atoms with Crippen LogP contribution in [0.4, 0.5) is 0 Å². The number of aryl methyl sites for hydroxylation is 1. The second-order valence-electron chi connectivity index (χ2n) is 3.87. The Morgan fingerprint density at radius 1 is 1.46 bits per heavy atom. The van der Waals surface area contributed by atoms with Gasteiger partial charge in [-0.1, -0.05) is 31.5 Å². The number of nitrogens with one attached hydrogen (secondary N) is 1. The van der Waals surface area contributed by atoms with Gasteiger partial charge in [-0.25, -0.2) is 0 Å². The fourth-order valence-electron chi connectivity index (χ4n) is 2.26. The van der Waals surface area contributed by atoms with E-state index in [-0.39, 0.29) is 0 Å². The van der Waals surface area contributed by atoms with Crippen molar-refractivity contribution in [2.75, 3.05) is 0 Å². The van der Waals surface area contributed by atoms with Gasteiger partial charge in [-0.05, 0) is 30.0 Å². The Balaban J connectivity index is 2.34. The molecular weight excluding hydrogens is 158 g/mol. The van der Waals surface area contributed by atoms with Gasteiger partial charge in [-0.15, -0.1) is 0 Å². The Labute approximate surface area is 80.2 Å². The van der Waals surface area contributed by atoms with Gasteiger partial charge in [0, 0.05) is 12.6 Å². The first kappa shape index (κ1) is 8.76. The van der Waals surface area contributed by atoms with Crippen LogP contribution in [0.2, 0.25) is 0 Å². The molecule has 2 rings (SSSR count). The van der Waals surface area contributed by atoms with Crippen LogP contribution >= 0.6 is 0 Å². The van der Waals surface area contributed by atoms with Crippen LogP contribution < -0.4 is 5.32 Å². The second-order valence-corrected chi connectivity index (χ2v) is 3.87. The predicted octanol–water partition coefficient (Wildman–Crippen LogP) is 2.94. The van der Waals surface area contributed by atoms with Crippen molar-refractivity contribution in [3.8, 4) is 0 Å². The SMILES string of the molecule is CCCC1NCc2cccc(C)c21. The zero-order valence-electron chi connectivity index (χ0n) is 8.43. The van der Waals surface area contributed by atoms with Crippen molar-refractivity contribution in [3.05, 3.63) is 34.9 Å². The lowest BCUT2D eigenvalue weighted by molar-refractivity contribution is 0.534. The molecule has 0 saturated heterocycles. The molecule has 0 spiro atoms. The number of rotatable bonds is 2. The maximum atomic E-state index is 3.56. The van der Waals surface area contributed by atoms with Crippen LogP contribution in [0.3, 0.4) is 0 Å². The van der Waals surface area contributed by atoms with Gasteiger partial charge in [0.25, 0.3) is 0 Å². The molecule has 1 aliphatic rings. The van der Waals surface area contributed by atoms with Gasteiger partial charge in [0.1, 0.15) is 0 Å². The molecule has 0 aliphatic carbocycles. The van der Waals surface area contributed by atoms with Crippen LogP contribution in [-0.4, -0.2) is 0 Å². The molecule has 1 heterocycles. The summed E-state index contributed by atoms with van der Waals surface area (Å²) in [6.07, 6.45) is 2.52. The molecule has 0 saturated carbocycles. The summed E-state index contributed by atoms with van der Waals surface area (Å²) in [5, 5.41) is 3.56. The lowest BCUT2D eigenvalue weighted by Crippen LogP contribution is -2.11. The molecule has 1 unspecified atom stereocenters. The van der Waals surface area contributed by atoms with Gasteiger partial charge in [0.15, 0.2) is 0 Å². The van der Waals surface area contributed by atoms with Gasteiger partial charge >= 0.3 is 0 Å². The van der Waals surface area contributed by atoms with E-state index in [1.165, 1.54) is 24.0 Å². The number of fused-ring (bicyclic) bond motifs is 1. The van der Waals surface area contributed by atoms with Crippen molar-refractivity contribution < 1.29 is 0 Å². The summed E-state index contributed by atoms with van der Waals surface area (Å²) >= 11 is 0. The Morgan fingerprint density at radius 2 is 2.31 bits per heavy atom. The maximum absolute atomic E-state index is 3.56. The highest BCUT2D eigenvalue weighted by molar-refractivity contribution is 5.39. The van der Waals surface area contributed by atoms with Crippen molar-refractivity contribution in [1.82, 2.24) is 5.32 Å². The average molecular weight is 175 g/mol. The summed E-state index contributed by atoms with van der Waals surface area (Å²) in [6, 6.07) is 7.23. The molecule has 1 aromatic rings. The first-order valence-corrected chi connectivity index (χ1v) is 5.14. The quantitative estimate of drug-likeness (QED) is 0.728. The highest BCUT2D eigenvalue weighted by atomic mass is 14.9. The van der Waals surface area contributed by atoms with Gasteiger partial charge in [0.2, 0.25) is 0 Å². The first-order chi connectivity index (χ1) is 6.33. The zero-order chi connectivity index (χ0) is 9.26. The van der Waals surface area contributed by atoms with E-state index in [9.17, 15) is 0 Å². The summed E-state index contributed by atoms with van der Waals surface area (Å²) in [6.45, 7) is 5.52. The molecule has 0 fully saturated rings. The molecule has 0 aromatic heterocycles. The molecule has 70 valence electrons. The number of hydrogen-bond acceptors (Lipinski definition) is 1. The third-order valence-electron chi connectivity index (χ3n) is 2.88. The van der Waals surface area contributed by atoms with E-state index >= 15 is 0 Å². The van der Waals surface area contributed by atoms with E-state index in [1.54, 1.807) is 5.56 Å². The van der Waals surface area contributed by atoms with Crippen molar-refractivity contribution in [2.24, 2.45) is 0 Å². The van der Waals surface area contributed by atoms with Crippen LogP contribution in [-0.2, 0) is 6.54 Å². The van der Waals surface area contributed by atoms with Crippen LogP contribution in [0.1, 0.15) is 42.5 Å². The van der Waals surface area contributed by atoms with E-state index in [1.807, 2.05) is 0 Å². The monoisotopic (exact) mass is 175 g/mol. The standard InChI is InChI=1S/C12H17N/c1-3-5-11-12-9(2)6-4-7-10(12)8-13-11/h4,6-7,11,13H,3,5,8H2,1-2H3. The molecule has 0 bridgehead atoms. The van der Waals surface area contributed by atoms with E-state index in [2.05, 4.69) is 37.4 Å². The fourth-order valence-corrected chi connectivity index (χ4v) is 2.26. The van der Waals surface area contributed by atoms with Crippen molar-refractivity contribution >= 4 is 0 Å². The molecule has 13 heavy (non-hydrogen) atoms. The minimum atomic E-state index is 0.612. The van der Waals surface area contributed by atoms with Crippen LogP contribution in [0.5, 0.6) is 0 Å². The summed E-state index contributed by atoms with van der Waals surface area (Å²) in [7, 11) is 0. The summed E-state index contributed by atoms with van der Waals surface area (Å²) < 4.78 is 0. The zero-order valence-corrected chi connectivity index (χ0v) is 8.43. The summed E-state index contributed by atoms with van der Waals surface area (Å²) in [4.78, 5) is 0. The lowest BCUT2D eigenvalue weighted by Gasteiger charge is -2.12. The third-order valence-corrected chi connectivity index (χ3v) is 2.88. The van der Waals surface area contributed by atoms with Crippen LogP contribution in [0.15, 0.2) is 18.2 Å². The molecule has 1 aliphatic heterocycles. The minimum Gasteiger partial charge on any atom is -0.306 e. The number of hydrogen-bond donors (Lipinski definition) is 1. The van der Waals surface area contributed by atoms with Crippen molar-refractivity contribution in [3.63, 3.8) is 0 Å². The highest BCUT2D eigenvalue weighted by Gasteiger charge is 2.21. The van der Waals surface area contributed by atoms with Crippen molar-refractivity contribution in [2.45, 2.75) is 39.3 Å². The van der Waals surface area contributed by atoms with Crippen LogP contribution in [0, 0.1) is 6.92 Å². The predicted molar refractivity (Wildman–Crippen MR) is 55.7 cm³/mol. The average Bonchev–Trinajstić information content (AvgIpc) is 2.51. The van der Waals surface area contributed by atoms with E-state index in [0.717, 1.165) is 6.54 Å². The largest absolute Gasteiger partial charge is 0.306 e. The maximum Gasteiger partial charge on any atom is 0.0329 e. The molecule has 0 amide bonds. The summed E-state index contributed by atoms with van der Waals surface area (Å²) in [5.74, 6) is 0. The van der Waals surface area contributed by atoms with Crippen LogP contribution in [0.25, 0.3) is 0 Å². The minimum absolute atomic E-state index is 0.612. The smallest absolute Gasteiger partial charge is 0.0329 e. The first-order valence-electron chi connectivity index (χ1n) is 5.14. The number of benzene rings is 1. The normalized spacial score (nSPS) is 20.3. The Kier molecular flexibility index (Phi) is 2.36. The molecule has 1 heteroatoms. The Hall–Kier alpha value is -0.820. The Morgan fingerprint density at radius 3 is 3.08 bits per heavy atom. The Bertz CT molecular complexity index is 302. The van der Waals surface area contributed by atoms with E-state index < -0.39 is 0 Å². The molecule has 1 aromatic carbocycles. The second kappa shape index (κ2) is 3.51. The molecule has 1 nitrogen and oxygen atoms in total. The topological polar surface area (TPSA) is 12.0 Å². The van der Waals surface area contributed by atoms with Gasteiger partial charge in [-0.2, -0.15) is 0 Å². The summed E-state index contributed by atoms with van der Waals surface area (Å²) in [5.41, 5.74) is 4.50. The lowest BCUT2D eigenvalue weighted by atomic mass is 9.97. The van der Waals surface area contributed by atoms with Gasteiger partial charge in [0.05, 0.1) is 0 Å². The van der Waals surface area contributed by atoms with Gasteiger partial charge < -0.3 is 5.32 Å². The fraction of sp³-hybridized carbons (Fsp3) is 0.500. The molecular formula is C12H17N. The van der Waals surface area contributed by atoms with Gasteiger partial charge in [-0.3, -0.25) is 0 Å². The van der Waals surface area contributed by atoms with E-state index in [4.69, 9.17) is 0 Å².